The van der Waals surface area contributed by atoms with Crippen molar-refractivity contribution in [3.63, 3.8) is 0 Å². The number of benzene rings is 1. The van der Waals surface area contributed by atoms with Crippen molar-refractivity contribution in [3.8, 4) is 0 Å². The Bertz CT molecular complexity index is 727. The van der Waals surface area contributed by atoms with Crippen LogP contribution in [0.1, 0.15) is 37.7 Å². The highest BCUT2D eigenvalue weighted by molar-refractivity contribution is 6.13. The molecule has 0 atom stereocenters. The van der Waals surface area contributed by atoms with Crippen LogP contribution >= 0.6 is 0 Å². The van der Waals surface area contributed by atoms with Crippen molar-refractivity contribution in [1.29, 1.82) is 0 Å². The number of aromatic nitrogens is 2. The van der Waals surface area contributed by atoms with Crippen LogP contribution in [0.3, 0.4) is 0 Å². The highest BCUT2D eigenvalue weighted by Crippen LogP contribution is 2.26. The summed E-state index contributed by atoms with van der Waals surface area (Å²) in [6.45, 7) is 0. The van der Waals surface area contributed by atoms with Gasteiger partial charge >= 0.3 is 0 Å². The van der Waals surface area contributed by atoms with E-state index in [1.807, 2.05) is 18.3 Å². The van der Waals surface area contributed by atoms with Gasteiger partial charge in [-0.15, -0.1) is 0 Å². The first-order valence-corrected chi connectivity index (χ1v) is 7.66. The molecule has 2 aromatic rings. The third kappa shape index (κ3) is 2.42. The molecule has 4 heteroatoms. The Morgan fingerprint density at radius 2 is 1.90 bits per heavy atom. The van der Waals surface area contributed by atoms with Gasteiger partial charge in [-0.05, 0) is 31.1 Å². The number of allylic oxidation sites excluding steroid dienone is 1. The van der Waals surface area contributed by atoms with E-state index in [-0.39, 0.29) is 0 Å². The van der Waals surface area contributed by atoms with E-state index in [1.54, 1.807) is 6.33 Å². The molecule has 21 heavy (non-hydrogen) atoms. The number of aliphatic imine (C=N–C) groups is 1. The third-order valence-corrected chi connectivity index (χ3v) is 4.32. The summed E-state index contributed by atoms with van der Waals surface area (Å²) in [5.41, 5.74) is 3.15. The topological polar surface area (TPSA) is 50.2 Å². The fourth-order valence-electron chi connectivity index (χ4n) is 3.09. The Hall–Kier alpha value is -2.23. The number of nitrogens with one attached hydrogen (secondary N) is 1. The van der Waals surface area contributed by atoms with Gasteiger partial charge in [0.05, 0.1) is 11.2 Å². The zero-order valence-corrected chi connectivity index (χ0v) is 11.9. The molecule has 4 rings (SSSR count). The lowest BCUT2D eigenvalue weighted by Crippen LogP contribution is -2.23. The first-order valence-electron chi connectivity index (χ1n) is 7.66. The van der Waals surface area contributed by atoms with Gasteiger partial charge in [-0.2, -0.15) is 0 Å². The average molecular weight is 278 g/mol. The van der Waals surface area contributed by atoms with Crippen LogP contribution < -0.4 is 5.32 Å². The summed E-state index contributed by atoms with van der Waals surface area (Å²) in [5.74, 6) is 0.956. The van der Waals surface area contributed by atoms with Crippen LogP contribution in [0, 0.1) is 0 Å². The lowest BCUT2D eigenvalue weighted by Gasteiger charge is -2.23. The fraction of sp³-hybridized carbons (Fsp3) is 0.353. The molecule has 0 amide bonds. The van der Waals surface area contributed by atoms with Crippen LogP contribution in [0.2, 0.25) is 0 Å². The van der Waals surface area contributed by atoms with Crippen molar-refractivity contribution >= 4 is 22.4 Å². The van der Waals surface area contributed by atoms with Gasteiger partial charge in [0.1, 0.15) is 12.1 Å². The second-order valence-electron chi connectivity index (χ2n) is 5.76. The number of anilines is 1. The monoisotopic (exact) mass is 278 g/mol. The van der Waals surface area contributed by atoms with E-state index in [4.69, 9.17) is 0 Å². The Balaban J connectivity index is 1.69. The van der Waals surface area contributed by atoms with Crippen LogP contribution in [0.5, 0.6) is 0 Å². The summed E-state index contributed by atoms with van der Waals surface area (Å²) in [6.07, 6.45) is 12.0. The zero-order valence-electron chi connectivity index (χ0n) is 11.9. The Kier molecular flexibility index (Phi) is 3.14. The lowest BCUT2D eigenvalue weighted by atomic mass is 9.95. The summed E-state index contributed by atoms with van der Waals surface area (Å²) >= 11 is 0. The fourth-order valence-corrected chi connectivity index (χ4v) is 3.09. The number of nitrogens with zero attached hydrogens (tertiary/aromatic N) is 3. The number of fused-ring (bicyclic) bond motifs is 1. The summed E-state index contributed by atoms with van der Waals surface area (Å²) < 4.78 is 0. The Morgan fingerprint density at radius 3 is 2.67 bits per heavy atom. The standard InChI is InChI=1S/C17H18N4/c1-2-4-13(5-3-1)21-17-14-10-12(15-8-9-18-15)6-7-16(14)19-11-20-17/h6-11,13H,1-5H2,(H,19,20,21). The van der Waals surface area contributed by atoms with Crippen LogP contribution in [-0.2, 0) is 0 Å². The molecule has 1 N–H and O–H groups in total. The number of rotatable bonds is 3. The quantitative estimate of drug-likeness (QED) is 0.931. The minimum absolute atomic E-state index is 0.543. The molecule has 1 aliphatic carbocycles. The molecular formula is C17H18N4. The SMILES string of the molecule is C1=CC(c2ccc3ncnc(NC4CCCCC4)c3c2)=N1. The van der Waals surface area contributed by atoms with Crippen molar-refractivity contribution in [2.75, 3.05) is 5.32 Å². The van der Waals surface area contributed by atoms with Crippen LogP contribution in [0.25, 0.3) is 10.9 Å². The maximum absolute atomic E-state index is 4.47. The molecule has 0 saturated heterocycles. The summed E-state index contributed by atoms with van der Waals surface area (Å²) in [7, 11) is 0. The smallest absolute Gasteiger partial charge is 0.137 e. The van der Waals surface area contributed by atoms with Crippen LogP contribution in [-0.4, -0.2) is 21.7 Å². The van der Waals surface area contributed by atoms with Crippen LogP contribution in [0.15, 0.2) is 41.8 Å². The molecule has 1 aliphatic heterocycles. The average Bonchev–Trinajstić information content (AvgIpc) is 2.47. The van der Waals surface area contributed by atoms with Gasteiger partial charge < -0.3 is 5.32 Å². The van der Waals surface area contributed by atoms with Crippen LogP contribution in [0.4, 0.5) is 5.82 Å². The Labute approximate surface area is 124 Å². The van der Waals surface area contributed by atoms with E-state index in [9.17, 15) is 0 Å². The predicted molar refractivity (Wildman–Crippen MR) is 85.7 cm³/mol. The van der Waals surface area contributed by atoms with Gasteiger partial charge in [0.15, 0.2) is 0 Å². The first kappa shape index (κ1) is 12.5. The highest BCUT2D eigenvalue weighted by Gasteiger charge is 2.15. The van der Waals surface area contributed by atoms with E-state index < -0.39 is 0 Å². The molecule has 1 fully saturated rings. The van der Waals surface area contributed by atoms with Crippen molar-refractivity contribution < 1.29 is 0 Å². The molecule has 0 radical (unpaired) electrons. The first-order chi connectivity index (χ1) is 10.4. The van der Waals surface area contributed by atoms with E-state index in [2.05, 4.69) is 32.4 Å². The summed E-state index contributed by atoms with van der Waals surface area (Å²) in [4.78, 5) is 13.1. The number of hydrogen-bond acceptors (Lipinski definition) is 4. The van der Waals surface area contributed by atoms with E-state index in [0.717, 1.165) is 28.0 Å². The highest BCUT2D eigenvalue weighted by atomic mass is 15.0. The van der Waals surface area contributed by atoms with Crippen molar-refractivity contribution in [2.45, 2.75) is 38.1 Å². The van der Waals surface area contributed by atoms with Crippen molar-refractivity contribution in [1.82, 2.24) is 9.97 Å². The minimum atomic E-state index is 0.543. The maximum atomic E-state index is 4.47. The van der Waals surface area contributed by atoms with Gasteiger partial charge in [-0.1, -0.05) is 25.3 Å². The van der Waals surface area contributed by atoms with Gasteiger partial charge in [0.25, 0.3) is 0 Å². The summed E-state index contributed by atoms with van der Waals surface area (Å²) in [5, 5.41) is 4.70. The second-order valence-corrected chi connectivity index (χ2v) is 5.76. The van der Waals surface area contributed by atoms with Gasteiger partial charge in [-0.3, -0.25) is 4.99 Å². The molecule has 106 valence electrons. The molecule has 0 unspecified atom stereocenters. The van der Waals surface area contributed by atoms with Crippen molar-refractivity contribution in [2.24, 2.45) is 4.99 Å². The predicted octanol–water partition coefficient (Wildman–Crippen LogP) is 3.69. The molecule has 1 aromatic heterocycles. The second kappa shape index (κ2) is 5.28. The third-order valence-electron chi connectivity index (χ3n) is 4.32. The lowest BCUT2D eigenvalue weighted by molar-refractivity contribution is 0.462. The van der Waals surface area contributed by atoms with Gasteiger partial charge in [0.2, 0.25) is 0 Å². The molecule has 0 spiro atoms. The summed E-state index contributed by atoms with van der Waals surface area (Å²) in [6, 6.07) is 6.80. The molecule has 1 saturated carbocycles. The number of hydrogen-bond donors (Lipinski definition) is 1. The van der Waals surface area contributed by atoms with Gasteiger partial charge in [-0.25, -0.2) is 9.97 Å². The molecule has 1 aromatic carbocycles. The largest absolute Gasteiger partial charge is 0.367 e. The van der Waals surface area contributed by atoms with Gasteiger partial charge in [0, 0.05) is 23.2 Å². The molecular weight excluding hydrogens is 260 g/mol. The maximum Gasteiger partial charge on any atom is 0.137 e. The molecule has 4 nitrogen and oxygen atoms in total. The molecule has 2 aliphatic rings. The van der Waals surface area contributed by atoms with E-state index >= 15 is 0 Å². The van der Waals surface area contributed by atoms with Crippen molar-refractivity contribution in [3.05, 3.63) is 42.4 Å². The molecule has 2 heterocycles. The normalized spacial score (nSPS) is 18.4. The molecule has 0 bridgehead atoms. The zero-order chi connectivity index (χ0) is 14.1. The van der Waals surface area contributed by atoms with E-state index in [1.165, 1.54) is 32.1 Å². The minimum Gasteiger partial charge on any atom is -0.367 e. The Morgan fingerprint density at radius 1 is 1.05 bits per heavy atom. The van der Waals surface area contributed by atoms with E-state index in [0.29, 0.717) is 6.04 Å².